The summed E-state index contributed by atoms with van der Waals surface area (Å²) < 4.78 is 12.4. The number of pyridine rings is 1. The third kappa shape index (κ3) is 7.32. The lowest BCUT2D eigenvalue weighted by Gasteiger charge is -2.29. The Balaban J connectivity index is 1.07. The molecule has 42 heavy (non-hydrogen) atoms. The van der Waals surface area contributed by atoms with Gasteiger partial charge in [0.2, 0.25) is 0 Å². The van der Waals surface area contributed by atoms with Gasteiger partial charge in [0.05, 0.1) is 11.6 Å². The fraction of sp³-hybridized carbons (Fsp3) is 0.432. The third-order valence-corrected chi connectivity index (χ3v) is 9.10. The van der Waals surface area contributed by atoms with Gasteiger partial charge in [-0.3, -0.25) is 0 Å². The maximum absolute atomic E-state index is 6.41. The van der Waals surface area contributed by atoms with E-state index >= 15 is 0 Å². The highest BCUT2D eigenvalue weighted by atomic mass is 16.5. The summed E-state index contributed by atoms with van der Waals surface area (Å²) in [6.45, 7) is 9.07. The van der Waals surface area contributed by atoms with Crippen molar-refractivity contribution < 1.29 is 9.47 Å². The smallest absolute Gasteiger partial charge is 0.128 e. The molecule has 1 saturated carbocycles. The monoisotopic (exact) mass is 563 g/mol. The molecule has 0 radical (unpaired) electrons. The van der Waals surface area contributed by atoms with E-state index in [-0.39, 0.29) is 0 Å². The molecular weight excluding hydrogens is 518 g/mol. The van der Waals surface area contributed by atoms with Gasteiger partial charge in [0.1, 0.15) is 17.3 Å². The second-order valence-corrected chi connectivity index (χ2v) is 12.7. The van der Waals surface area contributed by atoms with Crippen LogP contribution in [0.4, 0.5) is 5.82 Å². The molecule has 2 heterocycles. The van der Waals surface area contributed by atoms with Crippen molar-refractivity contribution in [3.63, 3.8) is 0 Å². The van der Waals surface area contributed by atoms with Gasteiger partial charge in [0.25, 0.3) is 0 Å². The van der Waals surface area contributed by atoms with Gasteiger partial charge in [0, 0.05) is 25.1 Å². The van der Waals surface area contributed by atoms with E-state index in [1.54, 1.807) is 0 Å². The molecule has 3 aromatic carbocycles. The Hall–Kier alpha value is -3.41. The van der Waals surface area contributed by atoms with Gasteiger partial charge in [-0.15, -0.1) is 0 Å². The number of ether oxygens (including phenoxy) is 2. The van der Waals surface area contributed by atoms with Gasteiger partial charge in [-0.25, -0.2) is 4.98 Å². The highest BCUT2D eigenvalue weighted by Gasteiger charge is 2.29. The highest BCUT2D eigenvalue weighted by Crippen LogP contribution is 2.38. The molecular formula is C37H45N3O2. The van der Waals surface area contributed by atoms with E-state index in [0.29, 0.717) is 17.8 Å². The molecule has 1 aliphatic carbocycles. The van der Waals surface area contributed by atoms with Crippen LogP contribution < -0.4 is 15.8 Å². The summed E-state index contributed by atoms with van der Waals surface area (Å²) in [7, 11) is 0. The fourth-order valence-corrected chi connectivity index (χ4v) is 6.62. The van der Waals surface area contributed by atoms with Gasteiger partial charge in [-0.2, -0.15) is 0 Å². The molecule has 2 unspecified atom stereocenters. The molecule has 5 heteroatoms. The molecule has 1 aliphatic heterocycles. The van der Waals surface area contributed by atoms with E-state index in [2.05, 4.69) is 68.6 Å². The first-order valence-corrected chi connectivity index (χ1v) is 15.7. The van der Waals surface area contributed by atoms with Gasteiger partial charge in [-0.05, 0) is 129 Å². The number of nitrogens with zero attached hydrogens (tertiary/aromatic N) is 1. The van der Waals surface area contributed by atoms with Crippen molar-refractivity contribution in [1.29, 1.82) is 0 Å². The maximum Gasteiger partial charge on any atom is 0.128 e. The number of anilines is 1. The quantitative estimate of drug-likeness (QED) is 0.192. The Morgan fingerprint density at radius 3 is 2.52 bits per heavy atom. The molecule has 0 amide bonds. The van der Waals surface area contributed by atoms with Crippen molar-refractivity contribution in [3.8, 4) is 11.5 Å². The molecule has 220 valence electrons. The van der Waals surface area contributed by atoms with Crippen molar-refractivity contribution in [2.45, 2.75) is 84.9 Å². The topological polar surface area (TPSA) is 69.4 Å². The zero-order chi connectivity index (χ0) is 29.1. The standard InChI is InChI=1S/C37H45N3O2/c1-24-15-25(2)35(26(3)16-24)23-39-22-29-5-4-6-32(19-29)42-33-11-12-36-31(21-33)20-30(37(38)40-36)10-9-28-13-14-41-34(18-28)17-27-7-8-27/h4-6,11-12,15-16,19-21,27-28,34,39H,7-10,13-14,17-18,22-23H2,1-3H3,(H2,38,40). The van der Waals surface area contributed by atoms with Crippen LogP contribution in [0.5, 0.6) is 11.5 Å². The number of nitrogens with two attached hydrogens (primary N) is 1. The first-order chi connectivity index (χ1) is 20.4. The van der Waals surface area contributed by atoms with Gasteiger partial charge in [-0.1, -0.05) is 42.7 Å². The van der Waals surface area contributed by atoms with Crippen LogP contribution in [-0.4, -0.2) is 17.7 Å². The second kappa shape index (κ2) is 12.8. The summed E-state index contributed by atoms with van der Waals surface area (Å²) in [5.41, 5.74) is 15.0. The summed E-state index contributed by atoms with van der Waals surface area (Å²) in [4.78, 5) is 4.73. The summed E-state index contributed by atoms with van der Waals surface area (Å²) in [5.74, 6) is 3.92. The van der Waals surface area contributed by atoms with E-state index in [1.807, 2.05) is 18.2 Å². The Bertz CT molecular complexity index is 1520. The molecule has 4 aromatic rings. The lowest BCUT2D eigenvalue weighted by Crippen LogP contribution is -2.26. The summed E-state index contributed by atoms with van der Waals surface area (Å²) in [6, 6.07) is 21.1. The first kappa shape index (κ1) is 28.7. The van der Waals surface area contributed by atoms with Crippen LogP contribution in [-0.2, 0) is 24.2 Å². The number of rotatable bonds is 11. The van der Waals surface area contributed by atoms with Gasteiger partial charge >= 0.3 is 0 Å². The SMILES string of the molecule is Cc1cc(C)c(CNCc2cccc(Oc3ccc4nc(N)c(CCC5CCOC(CC6CC6)C5)cc4c3)c2)c(C)c1. The molecule has 2 aliphatic rings. The average molecular weight is 564 g/mol. The van der Waals surface area contributed by atoms with Crippen LogP contribution in [0.2, 0.25) is 0 Å². The lowest BCUT2D eigenvalue weighted by atomic mass is 9.88. The molecule has 1 saturated heterocycles. The minimum Gasteiger partial charge on any atom is -0.457 e. The normalized spacial score (nSPS) is 18.8. The zero-order valence-corrected chi connectivity index (χ0v) is 25.4. The summed E-state index contributed by atoms with van der Waals surface area (Å²) in [6.07, 6.45) is 8.94. The van der Waals surface area contributed by atoms with E-state index in [4.69, 9.17) is 20.2 Å². The Morgan fingerprint density at radius 2 is 1.71 bits per heavy atom. The number of hydrogen-bond acceptors (Lipinski definition) is 5. The van der Waals surface area contributed by atoms with E-state index < -0.39 is 0 Å². The minimum absolute atomic E-state index is 0.457. The van der Waals surface area contributed by atoms with Crippen molar-refractivity contribution in [2.24, 2.45) is 11.8 Å². The van der Waals surface area contributed by atoms with Crippen molar-refractivity contribution in [1.82, 2.24) is 10.3 Å². The molecule has 0 bridgehead atoms. The van der Waals surface area contributed by atoms with Crippen LogP contribution in [0.15, 0.2) is 60.7 Å². The van der Waals surface area contributed by atoms with Gasteiger partial charge < -0.3 is 20.5 Å². The number of aryl methyl sites for hydroxylation is 4. The summed E-state index contributed by atoms with van der Waals surface area (Å²) in [5, 5.41) is 4.68. The van der Waals surface area contributed by atoms with Crippen LogP contribution in [0.25, 0.3) is 10.9 Å². The molecule has 5 nitrogen and oxygen atoms in total. The predicted octanol–water partition coefficient (Wildman–Crippen LogP) is 8.35. The number of hydrogen-bond donors (Lipinski definition) is 2. The third-order valence-electron chi connectivity index (χ3n) is 9.10. The number of nitrogen functional groups attached to an aromatic ring is 1. The molecule has 6 rings (SSSR count). The van der Waals surface area contributed by atoms with Gasteiger partial charge in [0.15, 0.2) is 0 Å². The highest BCUT2D eigenvalue weighted by molar-refractivity contribution is 5.83. The van der Waals surface area contributed by atoms with Crippen molar-refractivity contribution >= 4 is 16.7 Å². The van der Waals surface area contributed by atoms with Crippen LogP contribution in [0.1, 0.15) is 71.9 Å². The Kier molecular flexibility index (Phi) is 8.78. The Labute approximate surface area is 250 Å². The first-order valence-electron chi connectivity index (χ1n) is 15.7. The Morgan fingerprint density at radius 1 is 0.905 bits per heavy atom. The molecule has 1 aromatic heterocycles. The van der Waals surface area contributed by atoms with Crippen LogP contribution in [0.3, 0.4) is 0 Å². The molecule has 0 spiro atoms. The number of aromatic nitrogens is 1. The van der Waals surface area contributed by atoms with Crippen molar-refractivity contribution in [2.75, 3.05) is 12.3 Å². The number of benzene rings is 3. The molecule has 2 fully saturated rings. The second-order valence-electron chi connectivity index (χ2n) is 12.7. The number of fused-ring (bicyclic) bond motifs is 1. The average Bonchev–Trinajstić information content (AvgIpc) is 3.78. The molecule has 2 atom stereocenters. The van der Waals surface area contributed by atoms with Crippen molar-refractivity contribution in [3.05, 3.63) is 94.0 Å². The maximum atomic E-state index is 6.41. The largest absolute Gasteiger partial charge is 0.457 e. The van der Waals surface area contributed by atoms with Crippen LogP contribution >= 0.6 is 0 Å². The predicted molar refractivity (Wildman–Crippen MR) is 172 cm³/mol. The van der Waals surface area contributed by atoms with E-state index in [1.165, 1.54) is 53.5 Å². The molecule has 3 N–H and O–H groups in total. The zero-order valence-electron chi connectivity index (χ0n) is 25.4. The van der Waals surface area contributed by atoms with Crippen LogP contribution in [0, 0.1) is 32.6 Å². The number of nitrogens with one attached hydrogen (secondary N) is 1. The lowest BCUT2D eigenvalue weighted by molar-refractivity contribution is -0.0174. The van der Waals surface area contributed by atoms with E-state index in [9.17, 15) is 0 Å². The summed E-state index contributed by atoms with van der Waals surface area (Å²) >= 11 is 0. The van der Waals surface area contributed by atoms with E-state index in [0.717, 1.165) is 72.8 Å². The minimum atomic E-state index is 0.457. The fourth-order valence-electron chi connectivity index (χ4n) is 6.62.